The van der Waals surface area contributed by atoms with Gasteiger partial charge in [-0.05, 0) is 40.8 Å². The average molecular weight is 383 g/mol. The zero-order chi connectivity index (χ0) is 19.9. The first-order valence-electron chi connectivity index (χ1n) is 10.6. The van der Waals surface area contributed by atoms with Gasteiger partial charge in [0, 0.05) is 68.9 Å². The molecular weight excluding hydrogens is 348 g/mol. The van der Waals surface area contributed by atoms with Gasteiger partial charge in [0.2, 0.25) is 0 Å². The predicted octanol–water partition coefficient (Wildman–Crippen LogP) is 3.69. The van der Waals surface area contributed by atoms with E-state index in [1.807, 2.05) is 0 Å². The average Bonchev–Trinajstić information content (AvgIpc) is 2.85. The molecule has 1 aromatic carbocycles. The molecule has 1 saturated heterocycles. The molecule has 2 aliphatic rings. The van der Waals surface area contributed by atoms with Crippen molar-refractivity contribution in [3.8, 4) is 5.75 Å². The highest BCUT2D eigenvalue weighted by Crippen LogP contribution is 2.36. The Morgan fingerprint density at radius 2 is 1.89 bits per heavy atom. The molecule has 0 atom stereocenters. The number of rotatable bonds is 3. The number of likely N-dealkylation sites (tertiary alicyclic amines) is 1. The largest absolute Gasteiger partial charge is 0.486 e. The van der Waals surface area contributed by atoms with Gasteiger partial charge < -0.3 is 9.64 Å². The van der Waals surface area contributed by atoms with Crippen molar-refractivity contribution >= 4 is 0 Å². The SMILES string of the molecule is CCn1nc(C)c(CN2Cc3cc(C)ccc3OC3(CCN(C)CC3)C2)c1C. The van der Waals surface area contributed by atoms with Crippen LogP contribution in [0.1, 0.15) is 47.8 Å². The molecule has 1 aromatic heterocycles. The molecule has 2 aliphatic heterocycles. The monoisotopic (exact) mass is 382 g/mol. The number of piperidine rings is 1. The zero-order valence-corrected chi connectivity index (χ0v) is 18.1. The van der Waals surface area contributed by atoms with Gasteiger partial charge in [-0.3, -0.25) is 9.58 Å². The minimum absolute atomic E-state index is 0.0877. The van der Waals surface area contributed by atoms with Crippen LogP contribution in [0.5, 0.6) is 5.75 Å². The molecule has 0 amide bonds. The molecular formula is C23H34N4O. The molecule has 28 heavy (non-hydrogen) atoms. The number of ether oxygens (including phenoxy) is 1. The van der Waals surface area contributed by atoms with E-state index in [1.54, 1.807) is 0 Å². The van der Waals surface area contributed by atoms with E-state index in [1.165, 1.54) is 22.4 Å². The zero-order valence-electron chi connectivity index (χ0n) is 18.1. The molecule has 1 spiro atoms. The summed E-state index contributed by atoms with van der Waals surface area (Å²) in [5, 5.41) is 4.74. The van der Waals surface area contributed by atoms with E-state index in [4.69, 9.17) is 9.84 Å². The fourth-order valence-corrected chi connectivity index (χ4v) is 4.79. The van der Waals surface area contributed by atoms with Crippen molar-refractivity contribution in [2.75, 3.05) is 26.7 Å². The van der Waals surface area contributed by atoms with Gasteiger partial charge in [-0.15, -0.1) is 0 Å². The summed E-state index contributed by atoms with van der Waals surface area (Å²) in [7, 11) is 2.21. The Balaban J connectivity index is 1.67. The number of aryl methyl sites for hydroxylation is 3. The van der Waals surface area contributed by atoms with Crippen LogP contribution in [0.2, 0.25) is 0 Å². The topological polar surface area (TPSA) is 33.5 Å². The standard InChI is InChI=1S/C23H34N4O/c1-6-27-19(4)21(18(3)24-27)15-26-14-20-13-17(2)7-8-22(20)28-23(16-26)9-11-25(5)12-10-23/h7-8,13H,6,9-12,14-16H2,1-5H3. The number of hydrogen-bond acceptors (Lipinski definition) is 4. The van der Waals surface area contributed by atoms with Crippen LogP contribution in [-0.2, 0) is 19.6 Å². The van der Waals surface area contributed by atoms with Crippen LogP contribution in [0.25, 0.3) is 0 Å². The first kappa shape index (κ1) is 19.5. The third-order valence-corrected chi connectivity index (χ3v) is 6.56. The lowest BCUT2D eigenvalue weighted by Crippen LogP contribution is -2.52. The van der Waals surface area contributed by atoms with E-state index in [0.29, 0.717) is 0 Å². The summed E-state index contributed by atoms with van der Waals surface area (Å²) in [5.74, 6) is 1.08. The van der Waals surface area contributed by atoms with Crippen LogP contribution in [0.15, 0.2) is 18.2 Å². The predicted molar refractivity (Wildman–Crippen MR) is 113 cm³/mol. The molecule has 152 valence electrons. The number of hydrogen-bond donors (Lipinski definition) is 0. The van der Waals surface area contributed by atoms with E-state index in [-0.39, 0.29) is 5.60 Å². The van der Waals surface area contributed by atoms with Crippen LogP contribution in [0, 0.1) is 20.8 Å². The number of fused-ring (bicyclic) bond motifs is 1. The minimum Gasteiger partial charge on any atom is -0.486 e. The third-order valence-electron chi connectivity index (χ3n) is 6.56. The van der Waals surface area contributed by atoms with Gasteiger partial charge in [-0.2, -0.15) is 5.10 Å². The van der Waals surface area contributed by atoms with Gasteiger partial charge in [0.15, 0.2) is 0 Å². The maximum Gasteiger partial charge on any atom is 0.124 e. The molecule has 1 fully saturated rings. The van der Waals surface area contributed by atoms with Crippen LogP contribution >= 0.6 is 0 Å². The van der Waals surface area contributed by atoms with Crippen molar-refractivity contribution in [1.82, 2.24) is 19.6 Å². The van der Waals surface area contributed by atoms with Gasteiger partial charge in [-0.25, -0.2) is 0 Å². The Hall–Kier alpha value is -1.85. The Labute approximate surface area is 169 Å². The summed E-state index contributed by atoms with van der Waals surface area (Å²) in [4.78, 5) is 5.01. The molecule has 4 rings (SSSR count). The summed E-state index contributed by atoms with van der Waals surface area (Å²) in [6, 6.07) is 6.65. The van der Waals surface area contributed by atoms with E-state index < -0.39 is 0 Å². The fraction of sp³-hybridized carbons (Fsp3) is 0.609. The highest BCUT2D eigenvalue weighted by atomic mass is 16.5. The third kappa shape index (κ3) is 3.70. The Bertz CT molecular complexity index is 849. The molecule has 3 heterocycles. The second-order valence-electron chi connectivity index (χ2n) is 8.81. The van der Waals surface area contributed by atoms with Gasteiger partial charge in [0.1, 0.15) is 11.4 Å². The van der Waals surface area contributed by atoms with E-state index >= 15 is 0 Å². The maximum absolute atomic E-state index is 6.75. The molecule has 0 bridgehead atoms. The second-order valence-corrected chi connectivity index (χ2v) is 8.81. The minimum atomic E-state index is -0.0877. The number of nitrogens with zero attached hydrogens (tertiary/aromatic N) is 4. The molecule has 0 N–H and O–H groups in total. The van der Waals surface area contributed by atoms with E-state index in [2.05, 4.69) is 67.4 Å². The maximum atomic E-state index is 6.75. The summed E-state index contributed by atoms with van der Waals surface area (Å²) in [6.07, 6.45) is 2.17. The quantitative estimate of drug-likeness (QED) is 0.811. The van der Waals surface area contributed by atoms with Crippen LogP contribution in [0.3, 0.4) is 0 Å². The van der Waals surface area contributed by atoms with Crippen LogP contribution < -0.4 is 4.74 Å². The first-order valence-corrected chi connectivity index (χ1v) is 10.6. The fourth-order valence-electron chi connectivity index (χ4n) is 4.79. The van der Waals surface area contributed by atoms with Crippen molar-refractivity contribution in [2.45, 2.75) is 65.8 Å². The first-order chi connectivity index (χ1) is 13.4. The highest BCUT2D eigenvalue weighted by molar-refractivity contribution is 5.38. The molecule has 5 nitrogen and oxygen atoms in total. The lowest BCUT2D eigenvalue weighted by atomic mass is 9.90. The second kappa shape index (κ2) is 7.53. The molecule has 0 aliphatic carbocycles. The number of aromatic nitrogens is 2. The Morgan fingerprint density at radius 1 is 1.14 bits per heavy atom. The van der Waals surface area contributed by atoms with Crippen LogP contribution in [0.4, 0.5) is 0 Å². The number of benzene rings is 1. The van der Waals surface area contributed by atoms with E-state index in [9.17, 15) is 0 Å². The molecule has 0 radical (unpaired) electrons. The van der Waals surface area contributed by atoms with E-state index in [0.717, 1.165) is 63.6 Å². The van der Waals surface area contributed by atoms with Gasteiger partial charge in [0.05, 0.1) is 5.69 Å². The Morgan fingerprint density at radius 3 is 2.57 bits per heavy atom. The molecule has 0 unspecified atom stereocenters. The van der Waals surface area contributed by atoms with Crippen LogP contribution in [-0.4, -0.2) is 51.9 Å². The summed E-state index contributed by atoms with van der Waals surface area (Å²) in [6.45, 7) is 14.6. The molecule has 0 saturated carbocycles. The van der Waals surface area contributed by atoms with Crippen molar-refractivity contribution < 1.29 is 4.74 Å². The molecule has 5 heteroatoms. The van der Waals surface area contributed by atoms with Gasteiger partial charge in [0.25, 0.3) is 0 Å². The summed E-state index contributed by atoms with van der Waals surface area (Å²) >= 11 is 0. The van der Waals surface area contributed by atoms with Crippen molar-refractivity contribution in [3.05, 3.63) is 46.3 Å². The highest BCUT2D eigenvalue weighted by Gasteiger charge is 2.40. The smallest absolute Gasteiger partial charge is 0.124 e. The normalized spacial score (nSPS) is 20.0. The van der Waals surface area contributed by atoms with Gasteiger partial charge >= 0.3 is 0 Å². The summed E-state index contributed by atoms with van der Waals surface area (Å²) < 4.78 is 8.88. The van der Waals surface area contributed by atoms with Crippen molar-refractivity contribution in [1.29, 1.82) is 0 Å². The lowest BCUT2D eigenvalue weighted by Gasteiger charge is -2.42. The lowest BCUT2D eigenvalue weighted by molar-refractivity contribution is -0.0146. The summed E-state index contributed by atoms with van der Waals surface area (Å²) in [5.41, 5.74) is 6.36. The molecule has 2 aromatic rings. The van der Waals surface area contributed by atoms with Crippen molar-refractivity contribution in [2.24, 2.45) is 0 Å². The Kier molecular flexibility index (Phi) is 5.23. The van der Waals surface area contributed by atoms with Crippen molar-refractivity contribution in [3.63, 3.8) is 0 Å². The van der Waals surface area contributed by atoms with Gasteiger partial charge in [-0.1, -0.05) is 17.7 Å².